The molecule has 3 rings (SSSR count). The van der Waals surface area contributed by atoms with Crippen LogP contribution < -0.4 is 11.3 Å². The highest BCUT2D eigenvalue weighted by molar-refractivity contribution is 7.71. The van der Waals surface area contributed by atoms with Gasteiger partial charge in [0.1, 0.15) is 0 Å². The summed E-state index contributed by atoms with van der Waals surface area (Å²) in [6.45, 7) is 0.576. The third kappa shape index (κ3) is 1.75. The second kappa shape index (κ2) is 4.07. The number of anilines is 1. The summed E-state index contributed by atoms with van der Waals surface area (Å²) in [5.41, 5.74) is 6.07. The summed E-state index contributed by atoms with van der Waals surface area (Å²) in [5.74, 6) is 0.0847. The van der Waals surface area contributed by atoms with Gasteiger partial charge in [-0.25, -0.2) is 0 Å². The van der Waals surface area contributed by atoms with Crippen LogP contribution in [0.2, 0.25) is 0 Å². The Bertz CT molecular complexity index is 811. The maximum absolute atomic E-state index is 11.7. The van der Waals surface area contributed by atoms with E-state index in [1.165, 1.54) is 0 Å². The standard InChI is InChI=1S/C10H9N5OS2/c11-9-13-7-6(8(16)14-9)12-10(17)15(7)4-5-2-1-3-18-5/h1-3H,4H2,(H,12,17)(H3,11,13,14,16). The highest BCUT2D eigenvalue weighted by Gasteiger charge is 2.10. The van der Waals surface area contributed by atoms with E-state index < -0.39 is 0 Å². The summed E-state index contributed by atoms with van der Waals surface area (Å²) < 4.78 is 2.23. The quantitative estimate of drug-likeness (QED) is 0.619. The molecule has 0 aliphatic heterocycles. The molecule has 0 radical (unpaired) electrons. The molecule has 0 saturated carbocycles. The number of aromatic amines is 2. The number of nitrogens with zero attached hydrogens (tertiary/aromatic N) is 2. The van der Waals surface area contributed by atoms with Gasteiger partial charge in [0, 0.05) is 4.88 Å². The largest absolute Gasteiger partial charge is 0.369 e. The van der Waals surface area contributed by atoms with Gasteiger partial charge in [-0.3, -0.25) is 14.3 Å². The number of thiophene rings is 1. The van der Waals surface area contributed by atoms with Crippen LogP contribution in [0, 0.1) is 4.77 Å². The Morgan fingerprint density at radius 2 is 2.33 bits per heavy atom. The molecule has 0 fully saturated rings. The van der Waals surface area contributed by atoms with Crippen LogP contribution in [0.15, 0.2) is 22.3 Å². The third-order valence-corrected chi connectivity index (χ3v) is 3.73. The van der Waals surface area contributed by atoms with E-state index >= 15 is 0 Å². The summed E-state index contributed by atoms with van der Waals surface area (Å²) in [5, 5.41) is 1.99. The molecule has 4 N–H and O–H groups in total. The van der Waals surface area contributed by atoms with Crippen LogP contribution >= 0.6 is 23.6 Å². The van der Waals surface area contributed by atoms with Crippen LogP contribution in [0.3, 0.4) is 0 Å². The zero-order chi connectivity index (χ0) is 12.7. The molecule has 0 saturated heterocycles. The monoisotopic (exact) mass is 279 g/mol. The zero-order valence-electron chi connectivity index (χ0n) is 9.14. The number of H-pyrrole nitrogens is 2. The van der Waals surface area contributed by atoms with Crippen molar-refractivity contribution in [2.75, 3.05) is 5.73 Å². The van der Waals surface area contributed by atoms with Gasteiger partial charge in [-0.2, -0.15) is 4.98 Å². The number of hydrogen-bond acceptors (Lipinski definition) is 5. The van der Waals surface area contributed by atoms with E-state index in [2.05, 4.69) is 15.0 Å². The first-order chi connectivity index (χ1) is 8.65. The second-order valence-corrected chi connectivity index (χ2v) is 5.16. The van der Waals surface area contributed by atoms with Gasteiger partial charge in [0.05, 0.1) is 6.54 Å². The summed E-state index contributed by atoms with van der Waals surface area (Å²) in [4.78, 5) is 22.3. The van der Waals surface area contributed by atoms with Crippen LogP contribution in [0.25, 0.3) is 11.2 Å². The molecule has 0 atom stereocenters. The van der Waals surface area contributed by atoms with Crippen molar-refractivity contribution in [2.24, 2.45) is 0 Å². The Balaban J connectivity index is 2.25. The predicted octanol–water partition coefficient (Wildman–Crippen LogP) is 1.47. The average Bonchev–Trinajstić information content (AvgIpc) is 2.91. The highest BCUT2D eigenvalue weighted by Crippen LogP contribution is 2.15. The average molecular weight is 279 g/mol. The van der Waals surface area contributed by atoms with Gasteiger partial charge in [0.2, 0.25) is 5.95 Å². The fourth-order valence-corrected chi connectivity index (χ4v) is 2.71. The number of nitrogens with two attached hydrogens (primary N) is 1. The van der Waals surface area contributed by atoms with Crippen molar-refractivity contribution in [3.63, 3.8) is 0 Å². The van der Waals surface area contributed by atoms with Crippen LogP contribution in [0.5, 0.6) is 0 Å². The first kappa shape index (κ1) is 11.2. The van der Waals surface area contributed by atoms with E-state index in [9.17, 15) is 4.79 Å². The van der Waals surface area contributed by atoms with Crippen molar-refractivity contribution in [3.05, 3.63) is 37.5 Å². The lowest BCUT2D eigenvalue weighted by molar-refractivity contribution is 0.812. The minimum atomic E-state index is -0.312. The van der Waals surface area contributed by atoms with Crippen LogP contribution in [0.4, 0.5) is 5.95 Å². The second-order valence-electron chi connectivity index (χ2n) is 3.75. The number of fused-ring (bicyclic) bond motifs is 1. The number of nitrogen functional groups attached to an aromatic ring is 1. The van der Waals surface area contributed by atoms with Gasteiger partial charge in [-0.15, -0.1) is 11.3 Å². The molecule has 0 aliphatic carbocycles. The Labute approximate surface area is 110 Å². The fourth-order valence-electron chi connectivity index (χ4n) is 1.76. The van der Waals surface area contributed by atoms with E-state index in [0.717, 1.165) is 4.88 Å². The fraction of sp³-hybridized carbons (Fsp3) is 0.100. The van der Waals surface area contributed by atoms with Crippen molar-refractivity contribution in [1.82, 2.24) is 19.5 Å². The van der Waals surface area contributed by atoms with Gasteiger partial charge < -0.3 is 10.7 Å². The van der Waals surface area contributed by atoms with Gasteiger partial charge in [0.15, 0.2) is 15.9 Å². The maximum Gasteiger partial charge on any atom is 0.278 e. The number of rotatable bonds is 2. The third-order valence-electron chi connectivity index (χ3n) is 2.55. The first-order valence-corrected chi connectivity index (χ1v) is 6.44. The van der Waals surface area contributed by atoms with E-state index in [4.69, 9.17) is 18.0 Å². The lowest BCUT2D eigenvalue weighted by Crippen LogP contribution is -2.12. The van der Waals surface area contributed by atoms with Crippen molar-refractivity contribution in [1.29, 1.82) is 0 Å². The molecule has 3 aromatic rings. The lowest BCUT2D eigenvalue weighted by Gasteiger charge is -2.01. The predicted molar refractivity (Wildman–Crippen MR) is 73.4 cm³/mol. The smallest absolute Gasteiger partial charge is 0.278 e. The summed E-state index contributed by atoms with van der Waals surface area (Å²) in [6, 6.07) is 3.97. The molecule has 0 unspecified atom stereocenters. The number of hydrogen-bond donors (Lipinski definition) is 3. The molecule has 3 heterocycles. The van der Waals surface area contributed by atoms with Crippen molar-refractivity contribution >= 4 is 40.7 Å². The van der Waals surface area contributed by atoms with Crippen molar-refractivity contribution < 1.29 is 0 Å². The topological polar surface area (TPSA) is 92.5 Å². The Morgan fingerprint density at radius 1 is 1.50 bits per heavy atom. The molecular weight excluding hydrogens is 270 g/mol. The van der Waals surface area contributed by atoms with Gasteiger partial charge in [0.25, 0.3) is 5.56 Å². The highest BCUT2D eigenvalue weighted by atomic mass is 32.1. The molecule has 3 aromatic heterocycles. The van der Waals surface area contributed by atoms with Crippen molar-refractivity contribution in [3.8, 4) is 0 Å². The molecule has 18 heavy (non-hydrogen) atoms. The van der Waals surface area contributed by atoms with Gasteiger partial charge in [-0.05, 0) is 23.7 Å². The molecule has 6 nitrogen and oxygen atoms in total. The summed E-state index contributed by atoms with van der Waals surface area (Å²) in [6.07, 6.45) is 0. The summed E-state index contributed by atoms with van der Waals surface area (Å²) in [7, 11) is 0. The van der Waals surface area contributed by atoms with E-state index in [0.29, 0.717) is 22.5 Å². The normalized spacial score (nSPS) is 11.1. The number of nitrogens with one attached hydrogen (secondary N) is 2. The molecule has 0 amide bonds. The molecule has 0 aliphatic rings. The Hall–Kier alpha value is -1.93. The van der Waals surface area contributed by atoms with Gasteiger partial charge in [-0.1, -0.05) is 6.07 Å². The minimum Gasteiger partial charge on any atom is -0.369 e. The SMILES string of the molecule is Nc1nc2c([nH]c(=S)n2Cc2cccs2)c(=O)[nH]1. The molecule has 0 bridgehead atoms. The van der Waals surface area contributed by atoms with Crippen LogP contribution in [-0.2, 0) is 6.54 Å². The molecule has 92 valence electrons. The lowest BCUT2D eigenvalue weighted by atomic mass is 10.4. The first-order valence-electron chi connectivity index (χ1n) is 5.16. The number of imidazole rings is 1. The molecule has 0 aromatic carbocycles. The zero-order valence-corrected chi connectivity index (χ0v) is 10.8. The minimum absolute atomic E-state index is 0.0847. The van der Waals surface area contributed by atoms with E-state index in [1.54, 1.807) is 15.9 Å². The molecule has 0 spiro atoms. The van der Waals surface area contributed by atoms with Crippen LogP contribution in [-0.4, -0.2) is 19.5 Å². The number of aromatic nitrogens is 4. The van der Waals surface area contributed by atoms with Crippen molar-refractivity contribution in [2.45, 2.75) is 6.54 Å². The Morgan fingerprint density at radius 3 is 3.06 bits per heavy atom. The van der Waals surface area contributed by atoms with Crippen LogP contribution in [0.1, 0.15) is 4.88 Å². The van der Waals surface area contributed by atoms with E-state index in [1.807, 2.05) is 17.5 Å². The molecule has 8 heteroatoms. The Kier molecular flexibility index (Phi) is 2.53. The molecular formula is C10H9N5OS2. The van der Waals surface area contributed by atoms with Gasteiger partial charge >= 0.3 is 0 Å². The maximum atomic E-state index is 11.7. The van der Waals surface area contributed by atoms with E-state index in [-0.39, 0.29) is 11.5 Å². The summed E-state index contributed by atoms with van der Waals surface area (Å²) >= 11 is 6.83.